The van der Waals surface area contributed by atoms with Gasteiger partial charge in [0, 0.05) is 12.8 Å². The third kappa shape index (κ3) is 5.46. The molecule has 0 fully saturated rings. The molecule has 12 heavy (non-hydrogen) atoms. The van der Waals surface area contributed by atoms with Gasteiger partial charge in [0.1, 0.15) is 0 Å². The first-order valence-corrected chi connectivity index (χ1v) is 3.58. The number of hydrogen-bond acceptors (Lipinski definition) is 4. The van der Waals surface area contributed by atoms with Crippen molar-refractivity contribution >= 4 is 11.9 Å². The number of carbonyl (C=O) groups is 2. The van der Waals surface area contributed by atoms with Crippen LogP contribution >= 0.6 is 0 Å². The van der Waals surface area contributed by atoms with Gasteiger partial charge in [-0.25, -0.2) is 0 Å². The molecule has 0 aromatic rings. The van der Waals surface area contributed by atoms with Gasteiger partial charge < -0.3 is 9.47 Å². The number of hydrogen-bond donors (Lipinski definition) is 0. The second kappa shape index (κ2) is 6.39. The largest absolute Gasteiger partial charge is 0.469 e. The molecule has 0 saturated heterocycles. The first kappa shape index (κ1) is 10.7. The van der Waals surface area contributed by atoms with Crippen molar-refractivity contribution in [1.29, 1.82) is 0 Å². The fourth-order valence-corrected chi connectivity index (χ4v) is 0.631. The van der Waals surface area contributed by atoms with Gasteiger partial charge in [0.2, 0.25) is 0 Å². The maximum atomic E-state index is 10.7. The van der Waals surface area contributed by atoms with E-state index < -0.39 is 0 Å². The van der Waals surface area contributed by atoms with E-state index in [0.717, 1.165) is 6.26 Å². The van der Waals surface area contributed by atoms with Crippen molar-refractivity contribution in [1.82, 2.24) is 0 Å². The number of methoxy groups -OCH3 is 1. The standard InChI is InChI=1S/C8H12O4/c1-3-12-8(10)6-4-5-7(9)11-2/h3H,1,4-6H2,2H3. The van der Waals surface area contributed by atoms with E-state index in [2.05, 4.69) is 16.1 Å². The summed E-state index contributed by atoms with van der Waals surface area (Å²) in [5.74, 6) is -0.699. The minimum Gasteiger partial charge on any atom is -0.469 e. The molecule has 0 spiro atoms. The Hall–Kier alpha value is -1.32. The van der Waals surface area contributed by atoms with Crippen LogP contribution in [0.4, 0.5) is 0 Å². The lowest BCUT2D eigenvalue weighted by Crippen LogP contribution is -2.03. The highest BCUT2D eigenvalue weighted by Crippen LogP contribution is 1.98. The molecule has 0 unspecified atom stereocenters. The second-order valence-electron chi connectivity index (χ2n) is 2.09. The van der Waals surface area contributed by atoms with Gasteiger partial charge in [-0.2, -0.15) is 0 Å². The highest BCUT2D eigenvalue weighted by atomic mass is 16.5. The van der Waals surface area contributed by atoms with Crippen molar-refractivity contribution < 1.29 is 19.1 Å². The summed E-state index contributed by atoms with van der Waals surface area (Å²) in [6.45, 7) is 3.23. The first-order valence-electron chi connectivity index (χ1n) is 3.58. The van der Waals surface area contributed by atoms with Crippen molar-refractivity contribution in [2.75, 3.05) is 7.11 Å². The SMILES string of the molecule is C=COC(=O)CCCC(=O)OC. The average Bonchev–Trinajstić information content (AvgIpc) is 2.04. The molecule has 4 nitrogen and oxygen atoms in total. The van der Waals surface area contributed by atoms with Gasteiger partial charge >= 0.3 is 11.9 Å². The molecule has 0 amide bonds. The Morgan fingerprint density at radius 1 is 1.33 bits per heavy atom. The number of esters is 2. The van der Waals surface area contributed by atoms with E-state index in [0.29, 0.717) is 6.42 Å². The zero-order valence-corrected chi connectivity index (χ0v) is 7.04. The lowest BCUT2D eigenvalue weighted by molar-refractivity contribution is -0.141. The summed E-state index contributed by atoms with van der Waals surface area (Å²) in [4.78, 5) is 21.2. The molecule has 0 saturated carbocycles. The molecular formula is C8H12O4. The zero-order valence-electron chi connectivity index (χ0n) is 7.04. The molecule has 0 atom stereocenters. The Morgan fingerprint density at radius 2 is 1.92 bits per heavy atom. The van der Waals surface area contributed by atoms with E-state index >= 15 is 0 Å². The van der Waals surface area contributed by atoms with Gasteiger partial charge in [-0.3, -0.25) is 9.59 Å². The van der Waals surface area contributed by atoms with Crippen LogP contribution in [0.3, 0.4) is 0 Å². The van der Waals surface area contributed by atoms with Gasteiger partial charge in [-0.05, 0) is 6.42 Å². The molecule has 0 radical (unpaired) electrons. The predicted molar refractivity (Wildman–Crippen MR) is 42.2 cm³/mol. The Kier molecular flexibility index (Phi) is 5.69. The van der Waals surface area contributed by atoms with Crippen LogP contribution in [0.15, 0.2) is 12.8 Å². The average molecular weight is 172 g/mol. The molecule has 68 valence electrons. The van der Waals surface area contributed by atoms with Crippen molar-refractivity contribution in [3.05, 3.63) is 12.8 Å². The van der Waals surface area contributed by atoms with Crippen molar-refractivity contribution in [2.24, 2.45) is 0 Å². The molecule has 0 N–H and O–H groups in total. The van der Waals surface area contributed by atoms with Crippen molar-refractivity contribution in [2.45, 2.75) is 19.3 Å². The topological polar surface area (TPSA) is 52.6 Å². The maximum absolute atomic E-state index is 10.7. The number of ether oxygens (including phenoxy) is 2. The van der Waals surface area contributed by atoms with E-state index in [1.807, 2.05) is 0 Å². The lowest BCUT2D eigenvalue weighted by atomic mass is 10.2. The zero-order chi connectivity index (χ0) is 9.40. The quantitative estimate of drug-likeness (QED) is 0.459. The Morgan fingerprint density at radius 3 is 2.42 bits per heavy atom. The number of rotatable bonds is 5. The first-order chi connectivity index (χ1) is 5.70. The monoisotopic (exact) mass is 172 g/mol. The third-order valence-electron chi connectivity index (χ3n) is 1.20. The Labute approximate surface area is 71.2 Å². The summed E-state index contributed by atoms with van der Waals surface area (Å²) >= 11 is 0. The van der Waals surface area contributed by atoms with Crippen LogP contribution in [0.2, 0.25) is 0 Å². The molecule has 0 aromatic heterocycles. The molecule has 0 heterocycles. The van der Waals surface area contributed by atoms with Crippen LogP contribution in [0, 0.1) is 0 Å². The van der Waals surface area contributed by atoms with E-state index in [1.54, 1.807) is 0 Å². The Balaban J connectivity index is 3.36. The van der Waals surface area contributed by atoms with Gasteiger partial charge in [0.15, 0.2) is 0 Å². The summed E-state index contributed by atoms with van der Waals surface area (Å²) in [7, 11) is 1.31. The van der Waals surface area contributed by atoms with Gasteiger partial charge in [-0.15, -0.1) is 0 Å². The smallest absolute Gasteiger partial charge is 0.310 e. The van der Waals surface area contributed by atoms with Crippen LogP contribution in [-0.2, 0) is 19.1 Å². The fourth-order valence-electron chi connectivity index (χ4n) is 0.631. The van der Waals surface area contributed by atoms with E-state index in [1.165, 1.54) is 7.11 Å². The molecule has 0 aliphatic rings. The molecule has 0 aromatic carbocycles. The summed E-state index contributed by atoms with van der Waals surface area (Å²) in [6, 6.07) is 0. The van der Waals surface area contributed by atoms with E-state index in [9.17, 15) is 9.59 Å². The second-order valence-corrected chi connectivity index (χ2v) is 2.09. The summed E-state index contributed by atoms with van der Waals surface area (Å²) < 4.78 is 8.81. The third-order valence-corrected chi connectivity index (χ3v) is 1.20. The minimum atomic E-state index is -0.381. The number of carbonyl (C=O) groups excluding carboxylic acids is 2. The van der Waals surface area contributed by atoms with Gasteiger partial charge in [0.25, 0.3) is 0 Å². The molecule has 0 aliphatic carbocycles. The van der Waals surface area contributed by atoms with Crippen LogP contribution in [0.1, 0.15) is 19.3 Å². The highest BCUT2D eigenvalue weighted by Gasteiger charge is 2.04. The van der Waals surface area contributed by atoms with E-state index in [-0.39, 0.29) is 24.8 Å². The van der Waals surface area contributed by atoms with Crippen LogP contribution < -0.4 is 0 Å². The van der Waals surface area contributed by atoms with E-state index in [4.69, 9.17) is 0 Å². The molecular weight excluding hydrogens is 160 g/mol. The maximum Gasteiger partial charge on any atom is 0.310 e. The van der Waals surface area contributed by atoms with Crippen LogP contribution in [0.5, 0.6) is 0 Å². The van der Waals surface area contributed by atoms with Crippen molar-refractivity contribution in [3.8, 4) is 0 Å². The van der Waals surface area contributed by atoms with Gasteiger partial charge in [-0.1, -0.05) is 6.58 Å². The fraction of sp³-hybridized carbons (Fsp3) is 0.500. The highest BCUT2D eigenvalue weighted by molar-refractivity contribution is 5.72. The normalized spacial score (nSPS) is 8.75. The van der Waals surface area contributed by atoms with Crippen LogP contribution in [0.25, 0.3) is 0 Å². The predicted octanol–water partition coefficient (Wildman–Crippen LogP) is 1.02. The van der Waals surface area contributed by atoms with Crippen molar-refractivity contribution in [3.63, 3.8) is 0 Å². The molecule has 0 bridgehead atoms. The molecule has 0 rings (SSSR count). The lowest BCUT2D eigenvalue weighted by Gasteiger charge is -1.98. The van der Waals surface area contributed by atoms with Gasteiger partial charge in [0.05, 0.1) is 13.4 Å². The molecule has 0 aliphatic heterocycles. The van der Waals surface area contributed by atoms with Crippen LogP contribution in [-0.4, -0.2) is 19.0 Å². The summed E-state index contributed by atoms with van der Waals surface area (Å²) in [5.41, 5.74) is 0. The minimum absolute atomic E-state index is 0.209. The Bertz CT molecular complexity index is 174. The summed E-state index contributed by atoms with van der Waals surface area (Å²) in [5, 5.41) is 0. The summed E-state index contributed by atoms with van der Waals surface area (Å²) in [6.07, 6.45) is 1.96. The molecule has 4 heteroatoms.